The summed E-state index contributed by atoms with van der Waals surface area (Å²) < 4.78 is 6.04. The van der Waals surface area contributed by atoms with Crippen LogP contribution < -0.4 is 15.2 Å². The molecule has 7 nitrogen and oxygen atoms in total. The predicted molar refractivity (Wildman–Crippen MR) is 103 cm³/mol. The number of hydrogen-bond acceptors (Lipinski definition) is 6. The summed E-state index contributed by atoms with van der Waals surface area (Å²) in [5.41, 5.74) is 1.54. The summed E-state index contributed by atoms with van der Waals surface area (Å²) in [5.74, 6) is 0.795. The molecule has 26 heavy (non-hydrogen) atoms. The molecule has 0 atom stereocenters. The number of benzene rings is 1. The van der Waals surface area contributed by atoms with E-state index in [1.807, 2.05) is 12.1 Å². The topological polar surface area (TPSA) is 64.7 Å². The minimum atomic E-state index is -0.0902. The number of H-pyrrole nitrogens is 1. The van der Waals surface area contributed by atoms with Crippen LogP contribution in [0.15, 0.2) is 23.3 Å². The number of aromatic nitrogens is 2. The molecular formula is C19H27N5O2. The summed E-state index contributed by atoms with van der Waals surface area (Å²) in [4.78, 5) is 26.5. The fourth-order valence-electron chi connectivity index (χ4n) is 3.83. The lowest BCUT2D eigenvalue weighted by atomic mass is 10.1. The lowest BCUT2D eigenvalue weighted by molar-refractivity contribution is 0.238. The number of likely N-dealkylation sites (tertiary alicyclic amines) is 1. The van der Waals surface area contributed by atoms with E-state index in [-0.39, 0.29) is 5.56 Å². The molecule has 2 aromatic rings. The Balaban J connectivity index is 1.59. The molecule has 0 radical (unpaired) electrons. The van der Waals surface area contributed by atoms with Gasteiger partial charge in [0.2, 0.25) is 0 Å². The molecule has 7 heteroatoms. The first-order chi connectivity index (χ1) is 12.7. The van der Waals surface area contributed by atoms with Gasteiger partial charge >= 0.3 is 0 Å². The van der Waals surface area contributed by atoms with E-state index in [1.54, 1.807) is 0 Å². The fraction of sp³-hybridized carbons (Fsp3) is 0.579. The van der Waals surface area contributed by atoms with Crippen molar-refractivity contribution >= 4 is 16.6 Å². The van der Waals surface area contributed by atoms with Gasteiger partial charge in [-0.15, -0.1) is 0 Å². The molecule has 0 unspecified atom stereocenters. The third kappa shape index (κ3) is 3.68. The number of hydrogen-bond donors (Lipinski definition) is 1. The van der Waals surface area contributed by atoms with Gasteiger partial charge in [0, 0.05) is 44.9 Å². The van der Waals surface area contributed by atoms with Gasteiger partial charge in [0.15, 0.2) is 0 Å². The number of aromatic amines is 1. The van der Waals surface area contributed by atoms with Gasteiger partial charge in [0.05, 0.1) is 22.9 Å². The van der Waals surface area contributed by atoms with Crippen molar-refractivity contribution in [3.63, 3.8) is 0 Å². The van der Waals surface area contributed by atoms with Gasteiger partial charge in [0.25, 0.3) is 5.56 Å². The zero-order valence-corrected chi connectivity index (χ0v) is 15.4. The lowest BCUT2D eigenvalue weighted by Crippen LogP contribution is -2.44. The Hall–Kier alpha value is -2.12. The van der Waals surface area contributed by atoms with Gasteiger partial charge in [-0.25, -0.2) is 4.98 Å². The van der Waals surface area contributed by atoms with Crippen LogP contribution in [0.4, 0.5) is 5.69 Å². The first kappa shape index (κ1) is 17.3. The van der Waals surface area contributed by atoms with Gasteiger partial charge < -0.3 is 19.5 Å². The summed E-state index contributed by atoms with van der Waals surface area (Å²) in [7, 11) is 2.13. The minimum Gasteiger partial charge on any atom is -0.492 e. The van der Waals surface area contributed by atoms with Gasteiger partial charge in [-0.05, 0) is 33.0 Å². The number of nitrogens with zero attached hydrogens (tertiary/aromatic N) is 4. The van der Waals surface area contributed by atoms with Crippen LogP contribution in [-0.4, -0.2) is 79.2 Å². The van der Waals surface area contributed by atoms with Crippen LogP contribution in [0, 0.1) is 0 Å². The Morgan fingerprint density at radius 3 is 2.65 bits per heavy atom. The molecule has 1 aromatic carbocycles. The largest absolute Gasteiger partial charge is 0.492 e. The standard InChI is InChI=1S/C19H27N5O2/c1-22-6-8-24(9-7-22)17-13-15(26-11-10-23-4-2-3-5-23)12-16-18(17)19(25)21-14-20-16/h12-14H,2-11H2,1H3,(H,20,21,25). The zero-order chi connectivity index (χ0) is 17.9. The molecule has 1 N–H and O–H groups in total. The van der Waals surface area contributed by atoms with E-state index < -0.39 is 0 Å². The molecule has 1 aromatic heterocycles. The van der Waals surface area contributed by atoms with E-state index >= 15 is 0 Å². The summed E-state index contributed by atoms with van der Waals surface area (Å²) >= 11 is 0. The number of ether oxygens (including phenoxy) is 1. The Bertz CT molecular complexity index is 807. The van der Waals surface area contributed by atoms with Gasteiger partial charge in [0.1, 0.15) is 12.4 Å². The Labute approximate surface area is 153 Å². The quantitative estimate of drug-likeness (QED) is 0.866. The highest BCUT2D eigenvalue weighted by Gasteiger charge is 2.20. The summed E-state index contributed by atoms with van der Waals surface area (Å²) in [6.07, 6.45) is 4.04. The van der Waals surface area contributed by atoms with Crippen LogP contribution in [0.1, 0.15) is 12.8 Å². The smallest absolute Gasteiger partial charge is 0.260 e. The molecule has 4 rings (SSSR count). The van der Waals surface area contributed by atoms with E-state index in [9.17, 15) is 4.79 Å². The maximum atomic E-state index is 12.4. The van der Waals surface area contributed by atoms with E-state index in [4.69, 9.17) is 4.74 Å². The molecule has 0 aliphatic carbocycles. The number of piperazine rings is 1. The number of anilines is 1. The predicted octanol–water partition coefficient (Wildman–Crippen LogP) is 1.15. The van der Waals surface area contributed by atoms with Crippen molar-refractivity contribution in [3.05, 3.63) is 28.8 Å². The van der Waals surface area contributed by atoms with Crippen LogP contribution in [0.5, 0.6) is 5.75 Å². The molecule has 2 saturated heterocycles. The van der Waals surface area contributed by atoms with E-state index in [1.165, 1.54) is 32.3 Å². The van der Waals surface area contributed by atoms with Crippen LogP contribution in [0.2, 0.25) is 0 Å². The first-order valence-corrected chi connectivity index (χ1v) is 9.51. The minimum absolute atomic E-state index is 0.0902. The average molecular weight is 357 g/mol. The maximum absolute atomic E-state index is 12.4. The van der Waals surface area contributed by atoms with Crippen LogP contribution in [0.25, 0.3) is 10.9 Å². The molecule has 0 spiro atoms. The van der Waals surface area contributed by atoms with Crippen molar-refractivity contribution in [2.24, 2.45) is 0 Å². The third-order valence-electron chi connectivity index (χ3n) is 5.42. The SMILES string of the molecule is CN1CCN(c2cc(OCCN3CCCC3)cc3nc[nH]c(=O)c23)CC1. The molecule has 0 bridgehead atoms. The fourth-order valence-corrected chi connectivity index (χ4v) is 3.83. The van der Waals surface area contributed by atoms with Gasteiger partial charge in [-0.1, -0.05) is 0 Å². The molecule has 2 aliphatic rings. The summed E-state index contributed by atoms with van der Waals surface area (Å²) in [6.45, 7) is 7.73. The van der Waals surface area contributed by atoms with Gasteiger partial charge in [-0.2, -0.15) is 0 Å². The highest BCUT2D eigenvalue weighted by atomic mass is 16.5. The van der Waals surface area contributed by atoms with Crippen molar-refractivity contribution in [3.8, 4) is 5.75 Å². The molecule has 140 valence electrons. The van der Waals surface area contributed by atoms with Crippen molar-refractivity contribution in [2.75, 3.05) is 64.4 Å². The molecular weight excluding hydrogens is 330 g/mol. The number of fused-ring (bicyclic) bond motifs is 1. The monoisotopic (exact) mass is 357 g/mol. The second-order valence-corrected chi connectivity index (χ2v) is 7.26. The zero-order valence-electron chi connectivity index (χ0n) is 15.4. The molecule has 0 saturated carbocycles. The second kappa shape index (κ2) is 7.63. The Morgan fingerprint density at radius 2 is 1.88 bits per heavy atom. The molecule has 3 heterocycles. The van der Waals surface area contributed by atoms with Crippen molar-refractivity contribution < 1.29 is 4.74 Å². The Morgan fingerprint density at radius 1 is 1.12 bits per heavy atom. The van der Waals surface area contributed by atoms with E-state index in [2.05, 4.69) is 31.7 Å². The number of likely N-dealkylation sites (N-methyl/N-ethyl adjacent to an activating group) is 1. The van der Waals surface area contributed by atoms with Crippen molar-refractivity contribution in [1.29, 1.82) is 0 Å². The number of nitrogens with one attached hydrogen (secondary N) is 1. The Kier molecular flexibility index (Phi) is 5.08. The first-order valence-electron chi connectivity index (χ1n) is 9.51. The molecule has 0 amide bonds. The summed E-state index contributed by atoms with van der Waals surface area (Å²) in [6, 6.07) is 3.89. The highest BCUT2D eigenvalue weighted by molar-refractivity contribution is 5.92. The third-order valence-corrected chi connectivity index (χ3v) is 5.42. The van der Waals surface area contributed by atoms with Crippen LogP contribution in [0.3, 0.4) is 0 Å². The van der Waals surface area contributed by atoms with Crippen molar-refractivity contribution in [2.45, 2.75) is 12.8 Å². The molecule has 2 fully saturated rings. The average Bonchev–Trinajstić information content (AvgIpc) is 3.15. The van der Waals surface area contributed by atoms with Crippen LogP contribution in [-0.2, 0) is 0 Å². The van der Waals surface area contributed by atoms with Crippen molar-refractivity contribution in [1.82, 2.24) is 19.8 Å². The van der Waals surface area contributed by atoms with E-state index in [0.29, 0.717) is 17.5 Å². The molecule has 2 aliphatic heterocycles. The van der Waals surface area contributed by atoms with Gasteiger partial charge in [-0.3, -0.25) is 9.69 Å². The highest BCUT2D eigenvalue weighted by Crippen LogP contribution is 2.29. The second-order valence-electron chi connectivity index (χ2n) is 7.26. The number of rotatable bonds is 5. The summed E-state index contributed by atoms with van der Waals surface area (Å²) in [5, 5.41) is 0.656. The maximum Gasteiger partial charge on any atom is 0.260 e. The van der Waals surface area contributed by atoms with E-state index in [0.717, 1.165) is 44.2 Å². The normalized spacial score (nSPS) is 19.3. The lowest BCUT2D eigenvalue weighted by Gasteiger charge is -2.34. The van der Waals surface area contributed by atoms with Crippen LogP contribution >= 0.6 is 0 Å².